The number of anilines is 2. The van der Waals surface area contributed by atoms with Gasteiger partial charge in [0.15, 0.2) is 0 Å². The van der Waals surface area contributed by atoms with E-state index in [9.17, 15) is 0 Å². The summed E-state index contributed by atoms with van der Waals surface area (Å²) < 4.78 is 0. The predicted molar refractivity (Wildman–Crippen MR) is 77.1 cm³/mol. The Morgan fingerprint density at radius 1 is 1.44 bits per heavy atom. The van der Waals surface area contributed by atoms with E-state index in [1.54, 1.807) is 0 Å². The number of hydrogen-bond acceptors (Lipinski definition) is 5. The molecule has 0 aromatic carbocycles. The smallest absolute Gasteiger partial charge is 0.134 e. The molecule has 0 saturated heterocycles. The van der Waals surface area contributed by atoms with Crippen LogP contribution >= 0.6 is 0 Å². The Morgan fingerprint density at radius 2 is 2.17 bits per heavy atom. The van der Waals surface area contributed by atoms with E-state index in [1.807, 2.05) is 19.9 Å². The van der Waals surface area contributed by atoms with Crippen molar-refractivity contribution in [3.8, 4) is 0 Å². The molecule has 5 heteroatoms. The Kier molecular flexibility index (Phi) is 5.85. The third kappa shape index (κ3) is 4.87. The van der Waals surface area contributed by atoms with Crippen LogP contribution in [0.1, 0.15) is 32.5 Å². The molecule has 1 unspecified atom stereocenters. The second-order valence-corrected chi connectivity index (χ2v) is 4.79. The Labute approximate surface area is 110 Å². The first-order valence-electron chi connectivity index (χ1n) is 6.59. The minimum absolute atomic E-state index is 0.113. The summed E-state index contributed by atoms with van der Waals surface area (Å²) >= 11 is 0. The summed E-state index contributed by atoms with van der Waals surface area (Å²) in [4.78, 5) is 11.0. The highest BCUT2D eigenvalue weighted by molar-refractivity contribution is 5.49. The van der Waals surface area contributed by atoms with Gasteiger partial charge in [-0.2, -0.15) is 0 Å². The van der Waals surface area contributed by atoms with Gasteiger partial charge in [0.2, 0.25) is 0 Å². The molecule has 0 amide bonds. The molecule has 1 rings (SSSR count). The number of hydrogen-bond donors (Lipinski definition) is 2. The van der Waals surface area contributed by atoms with Crippen LogP contribution in [-0.4, -0.2) is 36.1 Å². The molecular weight excluding hydrogens is 226 g/mol. The normalized spacial score (nSPS) is 12.3. The fraction of sp³-hybridized carbons (Fsp3) is 0.692. The summed E-state index contributed by atoms with van der Waals surface area (Å²) in [7, 11) is 2.06. The van der Waals surface area contributed by atoms with Crippen LogP contribution in [0.4, 0.5) is 11.6 Å². The fourth-order valence-corrected chi connectivity index (χ4v) is 1.61. The number of aryl methyl sites for hydroxylation is 1. The molecule has 1 heterocycles. The van der Waals surface area contributed by atoms with E-state index >= 15 is 0 Å². The molecule has 0 aliphatic carbocycles. The zero-order valence-electron chi connectivity index (χ0n) is 11.9. The molecule has 0 fully saturated rings. The third-order valence-corrected chi connectivity index (χ3v) is 2.67. The molecule has 0 aliphatic heterocycles. The maximum atomic E-state index is 5.73. The molecule has 5 nitrogen and oxygen atoms in total. The number of unbranched alkanes of at least 4 members (excludes halogenated alkanes) is 1. The first-order valence-corrected chi connectivity index (χ1v) is 6.59. The Bertz CT molecular complexity index is 364. The lowest BCUT2D eigenvalue weighted by atomic mass is 10.3. The van der Waals surface area contributed by atoms with Crippen LogP contribution in [0.3, 0.4) is 0 Å². The molecule has 1 atom stereocenters. The maximum absolute atomic E-state index is 5.73. The highest BCUT2D eigenvalue weighted by Gasteiger charge is 2.06. The van der Waals surface area contributed by atoms with Crippen molar-refractivity contribution in [2.24, 2.45) is 5.73 Å². The van der Waals surface area contributed by atoms with Gasteiger partial charge in [-0.15, -0.1) is 0 Å². The molecule has 0 saturated carbocycles. The summed E-state index contributed by atoms with van der Waals surface area (Å²) in [6.45, 7) is 7.80. The van der Waals surface area contributed by atoms with Gasteiger partial charge < -0.3 is 16.0 Å². The monoisotopic (exact) mass is 251 g/mol. The Hall–Kier alpha value is -1.36. The number of nitrogens with one attached hydrogen (secondary N) is 1. The summed E-state index contributed by atoms with van der Waals surface area (Å²) in [5.74, 6) is 2.59. The first kappa shape index (κ1) is 14.7. The summed E-state index contributed by atoms with van der Waals surface area (Å²) in [6.07, 6.45) is 2.35. The highest BCUT2D eigenvalue weighted by Crippen LogP contribution is 2.15. The molecule has 1 aromatic heterocycles. The molecule has 102 valence electrons. The molecule has 18 heavy (non-hydrogen) atoms. The quantitative estimate of drug-likeness (QED) is 0.773. The van der Waals surface area contributed by atoms with Crippen molar-refractivity contribution in [2.75, 3.05) is 30.4 Å². The van der Waals surface area contributed by atoms with E-state index in [2.05, 4.69) is 34.2 Å². The van der Waals surface area contributed by atoms with Crippen LogP contribution < -0.4 is 16.0 Å². The van der Waals surface area contributed by atoms with Gasteiger partial charge in [-0.25, -0.2) is 9.97 Å². The lowest BCUT2D eigenvalue weighted by molar-refractivity contribution is 0.754. The van der Waals surface area contributed by atoms with Crippen molar-refractivity contribution < 1.29 is 0 Å². The van der Waals surface area contributed by atoms with Crippen molar-refractivity contribution in [1.29, 1.82) is 0 Å². The average molecular weight is 251 g/mol. The van der Waals surface area contributed by atoms with E-state index in [0.29, 0.717) is 6.54 Å². The van der Waals surface area contributed by atoms with Gasteiger partial charge in [0.25, 0.3) is 0 Å². The van der Waals surface area contributed by atoms with Gasteiger partial charge in [0.05, 0.1) is 0 Å². The maximum Gasteiger partial charge on any atom is 0.134 e. The van der Waals surface area contributed by atoms with Crippen molar-refractivity contribution in [2.45, 2.75) is 39.7 Å². The summed E-state index contributed by atoms with van der Waals surface area (Å²) in [5.41, 5.74) is 5.73. The van der Waals surface area contributed by atoms with Gasteiger partial charge in [-0.05, 0) is 20.3 Å². The van der Waals surface area contributed by atoms with Crippen molar-refractivity contribution >= 4 is 11.6 Å². The molecule has 0 bridgehead atoms. The van der Waals surface area contributed by atoms with Crippen LogP contribution in [0.5, 0.6) is 0 Å². The Balaban J connectivity index is 2.73. The van der Waals surface area contributed by atoms with Gasteiger partial charge in [-0.3, -0.25) is 0 Å². The van der Waals surface area contributed by atoms with Crippen LogP contribution in [0.25, 0.3) is 0 Å². The summed E-state index contributed by atoms with van der Waals surface area (Å²) in [5, 5.41) is 3.23. The van der Waals surface area contributed by atoms with Crippen LogP contribution in [0.2, 0.25) is 0 Å². The zero-order chi connectivity index (χ0) is 13.5. The van der Waals surface area contributed by atoms with Crippen LogP contribution in [0.15, 0.2) is 6.07 Å². The van der Waals surface area contributed by atoms with E-state index < -0.39 is 0 Å². The molecule has 1 aromatic rings. The third-order valence-electron chi connectivity index (χ3n) is 2.67. The largest absolute Gasteiger partial charge is 0.368 e. The van der Waals surface area contributed by atoms with Gasteiger partial charge in [0.1, 0.15) is 17.5 Å². The number of rotatable bonds is 7. The lowest BCUT2D eigenvalue weighted by Gasteiger charge is -2.19. The van der Waals surface area contributed by atoms with Crippen molar-refractivity contribution in [1.82, 2.24) is 9.97 Å². The minimum Gasteiger partial charge on any atom is -0.368 e. The van der Waals surface area contributed by atoms with Crippen LogP contribution in [0, 0.1) is 6.92 Å². The molecular formula is C13H25N5. The van der Waals surface area contributed by atoms with Gasteiger partial charge >= 0.3 is 0 Å². The molecule has 0 spiro atoms. The SMILES string of the molecule is CCCCN(C)c1cc(NCC(C)N)nc(C)n1. The topological polar surface area (TPSA) is 67.1 Å². The second-order valence-electron chi connectivity index (χ2n) is 4.79. The number of nitrogens with two attached hydrogens (primary N) is 1. The second kappa shape index (κ2) is 7.16. The van der Waals surface area contributed by atoms with E-state index in [0.717, 1.165) is 24.0 Å². The molecule has 3 N–H and O–H groups in total. The van der Waals surface area contributed by atoms with E-state index in [4.69, 9.17) is 5.73 Å². The van der Waals surface area contributed by atoms with Crippen molar-refractivity contribution in [3.63, 3.8) is 0 Å². The standard InChI is InChI=1S/C13H25N5/c1-5-6-7-18(4)13-8-12(15-9-10(2)14)16-11(3)17-13/h8,10H,5-7,9,14H2,1-4H3,(H,15,16,17). The molecule has 0 radical (unpaired) electrons. The summed E-state index contributed by atoms with van der Waals surface area (Å²) in [6, 6.07) is 2.09. The van der Waals surface area contributed by atoms with Gasteiger partial charge in [-0.1, -0.05) is 13.3 Å². The minimum atomic E-state index is 0.113. The highest BCUT2D eigenvalue weighted by atomic mass is 15.2. The Morgan fingerprint density at radius 3 is 2.78 bits per heavy atom. The molecule has 0 aliphatic rings. The van der Waals surface area contributed by atoms with Gasteiger partial charge in [0, 0.05) is 32.2 Å². The van der Waals surface area contributed by atoms with E-state index in [-0.39, 0.29) is 6.04 Å². The number of aromatic nitrogens is 2. The van der Waals surface area contributed by atoms with E-state index in [1.165, 1.54) is 12.8 Å². The van der Waals surface area contributed by atoms with Crippen molar-refractivity contribution in [3.05, 3.63) is 11.9 Å². The lowest BCUT2D eigenvalue weighted by Crippen LogP contribution is -2.26. The number of nitrogens with zero attached hydrogens (tertiary/aromatic N) is 3. The fourth-order valence-electron chi connectivity index (χ4n) is 1.61. The first-order chi connectivity index (χ1) is 8.52. The average Bonchev–Trinajstić information content (AvgIpc) is 2.32. The predicted octanol–water partition coefficient (Wildman–Crippen LogP) is 1.78. The zero-order valence-corrected chi connectivity index (χ0v) is 11.9. The van der Waals surface area contributed by atoms with Crippen LogP contribution in [-0.2, 0) is 0 Å².